The first-order chi connectivity index (χ1) is 25.7. The summed E-state index contributed by atoms with van der Waals surface area (Å²) in [6.07, 6.45) is 50.0. The molecule has 0 aliphatic heterocycles. The Labute approximate surface area is 339 Å². The molecule has 2 aromatic rings. The van der Waals surface area contributed by atoms with Crippen molar-refractivity contribution in [1.82, 2.24) is 0 Å². The first kappa shape index (κ1) is 48.8. The molecule has 0 saturated carbocycles. The van der Waals surface area contributed by atoms with E-state index in [-0.39, 0.29) is 16.5 Å². The Balaban J connectivity index is 0.0000140. The van der Waals surface area contributed by atoms with Crippen molar-refractivity contribution < 1.29 is 16.5 Å². The third-order valence-corrected chi connectivity index (χ3v) is 10.2. The average molecular weight is 768 g/mol. The third kappa shape index (κ3) is 28.8. The Kier molecular flexibility index (Phi) is 33.8. The van der Waals surface area contributed by atoms with Crippen LogP contribution in [-0.2, 0) is 16.5 Å². The zero-order valence-electron chi connectivity index (χ0n) is 34.7. The number of unbranched alkanes of at least 4 members (excludes halogenated alkanes) is 25. The summed E-state index contributed by atoms with van der Waals surface area (Å²) in [6, 6.07) is 17.3. The molecule has 2 nitrogen and oxygen atoms in total. The number of aliphatic imine (C=N–C) groups is 2. The molecule has 0 bridgehead atoms. The van der Waals surface area contributed by atoms with Gasteiger partial charge in [-0.2, -0.15) is 0 Å². The molecule has 0 amide bonds. The predicted octanol–water partition coefficient (Wildman–Crippen LogP) is 17.6. The molecule has 300 valence electrons. The van der Waals surface area contributed by atoms with Gasteiger partial charge >= 0.3 is 0 Å². The average Bonchev–Trinajstić information content (AvgIpc) is 3.16. The van der Waals surface area contributed by atoms with E-state index in [1.165, 1.54) is 172 Å². The summed E-state index contributed by atoms with van der Waals surface area (Å²) < 4.78 is 0. The number of hydrogen-bond acceptors (Lipinski definition) is 2. The largest absolute Gasteiger partial charge is 0.255 e. The second-order valence-corrected chi connectivity index (χ2v) is 15.3. The summed E-state index contributed by atoms with van der Waals surface area (Å²) in [7, 11) is 0. The van der Waals surface area contributed by atoms with Crippen LogP contribution in [0.1, 0.15) is 218 Å². The third-order valence-electron chi connectivity index (χ3n) is 10.2. The maximum Gasteiger partial charge on any atom is 0.0639 e. The van der Waals surface area contributed by atoms with Gasteiger partial charge in [0.1, 0.15) is 0 Å². The molecule has 53 heavy (non-hydrogen) atoms. The summed E-state index contributed by atoms with van der Waals surface area (Å²) >= 11 is 0. The van der Waals surface area contributed by atoms with E-state index in [4.69, 9.17) is 9.98 Å². The van der Waals surface area contributed by atoms with Crippen LogP contribution in [0.25, 0.3) is 12.2 Å². The molecule has 0 atom stereocenters. The van der Waals surface area contributed by atoms with E-state index < -0.39 is 0 Å². The molecule has 0 saturated heterocycles. The zero-order valence-corrected chi connectivity index (χ0v) is 35.7. The van der Waals surface area contributed by atoms with E-state index in [1.807, 2.05) is 6.21 Å². The van der Waals surface area contributed by atoms with Gasteiger partial charge in [-0.1, -0.05) is 217 Å². The second-order valence-electron chi connectivity index (χ2n) is 15.3. The van der Waals surface area contributed by atoms with Crippen LogP contribution < -0.4 is 0 Å². The van der Waals surface area contributed by atoms with Crippen LogP contribution in [0.5, 0.6) is 0 Å². The number of rotatable bonds is 34. The molecule has 0 fully saturated rings. The van der Waals surface area contributed by atoms with Gasteiger partial charge < -0.3 is 0 Å². The van der Waals surface area contributed by atoms with Crippen molar-refractivity contribution in [1.29, 1.82) is 0 Å². The molecular formula is C50H80N2Ni. The van der Waals surface area contributed by atoms with Crippen LogP contribution in [0, 0.1) is 0 Å². The van der Waals surface area contributed by atoms with E-state index in [1.54, 1.807) is 0 Å². The van der Waals surface area contributed by atoms with Crippen LogP contribution in [0.3, 0.4) is 0 Å². The minimum atomic E-state index is 0. The summed E-state index contributed by atoms with van der Waals surface area (Å²) in [5.74, 6) is 0. The molecular weight excluding hydrogens is 687 g/mol. The fourth-order valence-corrected chi connectivity index (χ4v) is 6.90. The van der Waals surface area contributed by atoms with Gasteiger partial charge in [0.2, 0.25) is 0 Å². The summed E-state index contributed by atoms with van der Waals surface area (Å²) in [5.41, 5.74) is 5.57. The van der Waals surface area contributed by atoms with Crippen molar-refractivity contribution in [2.75, 3.05) is 0 Å². The van der Waals surface area contributed by atoms with E-state index in [0.717, 1.165) is 42.8 Å². The van der Waals surface area contributed by atoms with Crippen molar-refractivity contribution in [3.05, 3.63) is 71.8 Å². The van der Waals surface area contributed by atoms with E-state index in [0.29, 0.717) is 0 Å². The van der Waals surface area contributed by atoms with Crippen molar-refractivity contribution in [3.8, 4) is 0 Å². The quantitative estimate of drug-likeness (QED) is 0.0385. The van der Waals surface area contributed by atoms with Crippen LogP contribution in [0.4, 0.5) is 11.4 Å². The summed E-state index contributed by atoms with van der Waals surface area (Å²) in [6.45, 7) is 6.87. The van der Waals surface area contributed by atoms with Crippen molar-refractivity contribution in [2.45, 2.75) is 207 Å². The molecule has 0 N–H and O–H groups in total. The molecule has 0 heterocycles. The second kappa shape index (κ2) is 36.7. The fraction of sp³-hybridized carbons (Fsp3) is 0.640. The summed E-state index contributed by atoms with van der Waals surface area (Å²) in [5, 5.41) is 0. The van der Waals surface area contributed by atoms with Crippen molar-refractivity contribution in [2.24, 2.45) is 9.98 Å². The van der Waals surface area contributed by atoms with Gasteiger partial charge in [0, 0.05) is 22.7 Å². The van der Waals surface area contributed by atoms with Gasteiger partial charge in [-0.25, -0.2) is 0 Å². The maximum absolute atomic E-state index is 5.13. The molecule has 0 aliphatic rings. The van der Waals surface area contributed by atoms with Gasteiger partial charge in [0.05, 0.1) is 17.1 Å². The maximum atomic E-state index is 5.13. The van der Waals surface area contributed by atoms with Gasteiger partial charge in [-0.15, -0.1) is 0 Å². The number of allylic oxidation sites excluding steroid dienone is 2. The standard InChI is InChI=1S/C50H80N2.Ni/c1-4-7-10-13-16-18-20-22-24-26-28-31-36-46-38-34-41-48(43-46)51-45-50(40-33-30-15-12-9-6-3)52-49-42-35-39-47(44-49)37-32-29-27-25-23-21-19-17-14-11-8-5-2;/h31-32,34-39,41-45H,4-30,33,40H2,1-3H3;. The first-order valence-corrected chi connectivity index (χ1v) is 22.4. The zero-order chi connectivity index (χ0) is 37.0. The normalized spacial score (nSPS) is 12.1. The first-order valence-electron chi connectivity index (χ1n) is 22.4. The molecule has 0 aliphatic carbocycles. The Hall–Kier alpha value is -2.25. The minimum Gasteiger partial charge on any atom is -0.255 e. The number of benzene rings is 2. The molecule has 2 rings (SSSR count). The molecule has 3 heteroatoms. The molecule has 0 aromatic heterocycles. The molecule has 0 radical (unpaired) electrons. The number of hydrogen-bond donors (Lipinski definition) is 0. The van der Waals surface area contributed by atoms with E-state index >= 15 is 0 Å². The van der Waals surface area contributed by atoms with E-state index in [9.17, 15) is 0 Å². The van der Waals surface area contributed by atoms with Crippen LogP contribution >= 0.6 is 0 Å². The SMILES string of the molecule is CCCCCCCCCCCCC=Cc1cccc(N=CC(CCCCCCCC)=Nc2cccc(C=CCCCCCCCCCCCC)c2)c1.[Ni]. The smallest absolute Gasteiger partial charge is 0.0639 e. The Bertz CT molecular complexity index is 1230. The van der Waals surface area contributed by atoms with Crippen LogP contribution in [0.15, 0.2) is 70.7 Å². The van der Waals surface area contributed by atoms with Crippen LogP contribution in [-0.4, -0.2) is 11.9 Å². The van der Waals surface area contributed by atoms with Gasteiger partial charge in [0.15, 0.2) is 0 Å². The Morgan fingerprint density at radius 2 is 0.830 bits per heavy atom. The number of nitrogens with zero attached hydrogens (tertiary/aromatic N) is 2. The Morgan fingerprint density at radius 1 is 0.453 bits per heavy atom. The van der Waals surface area contributed by atoms with Gasteiger partial charge in [-0.3, -0.25) is 9.98 Å². The monoisotopic (exact) mass is 767 g/mol. The molecule has 2 aromatic carbocycles. The molecule has 0 unspecified atom stereocenters. The van der Waals surface area contributed by atoms with Crippen molar-refractivity contribution in [3.63, 3.8) is 0 Å². The Morgan fingerprint density at radius 3 is 1.28 bits per heavy atom. The topological polar surface area (TPSA) is 24.7 Å². The van der Waals surface area contributed by atoms with Crippen LogP contribution in [0.2, 0.25) is 0 Å². The predicted molar refractivity (Wildman–Crippen MR) is 237 cm³/mol. The van der Waals surface area contributed by atoms with Gasteiger partial charge in [-0.05, 0) is 73.9 Å². The van der Waals surface area contributed by atoms with Crippen molar-refractivity contribution >= 4 is 35.5 Å². The minimum absolute atomic E-state index is 0. The summed E-state index contributed by atoms with van der Waals surface area (Å²) in [4.78, 5) is 10.1. The van der Waals surface area contributed by atoms with E-state index in [2.05, 4.69) is 93.6 Å². The fourth-order valence-electron chi connectivity index (χ4n) is 6.90. The molecule has 0 spiro atoms. The van der Waals surface area contributed by atoms with Gasteiger partial charge in [0.25, 0.3) is 0 Å².